The number of ketones is 1. The molecular formula is C30H48O5. The van der Waals surface area contributed by atoms with Gasteiger partial charge in [-0.2, -0.15) is 0 Å². The molecule has 6 aliphatic rings. The van der Waals surface area contributed by atoms with E-state index >= 15 is 0 Å². The van der Waals surface area contributed by atoms with Gasteiger partial charge in [0.15, 0.2) is 5.79 Å². The van der Waals surface area contributed by atoms with Gasteiger partial charge < -0.3 is 19.3 Å². The van der Waals surface area contributed by atoms with Crippen molar-refractivity contribution >= 4 is 5.78 Å². The van der Waals surface area contributed by atoms with Crippen molar-refractivity contribution in [3.8, 4) is 0 Å². The van der Waals surface area contributed by atoms with Gasteiger partial charge in [0.1, 0.15) is 5.78 Å². The molecule has 6 rings (SSSR count). The predicted molar refractivity (Wildman–Crippen MR) is 134 cm³/mol. The first-order chi connectivity index (χ1) is 16.5. The van der Waals surface area contributed by atoms with Gasteiger partial charge in [-0.3, -0.25) is 4.79 Å². The van der Waals surface area contributed by atoms with E-state index in [9.17, 15) is 9.90 Å². The second kappa shape index (κ2) is 8.25. The van der Waals surface area contributed by atoms with Crippen molar-refractivity contribution in [3.63, 3.8) is 0 Å². The molecule has 4 saturated carbocycles. The lowest BCUT2D eigenvalue weighted by atomic mass is 9.44. The topological polar surface area (TPSA) is 65.0 Å². The van der Waals surface area contributed by atoms with E-state index in [1.165, 1.54) is 12.8 Å². The van der Waals surface area contributed by atoms with E-state index in [-0.39, 0.29) is 35.6 Å². The number of hydrogen-bond donors (Lipinski definition) is 1. The summed E-state index contributed by atoms with van der Waals surface area (Å²) in [6.07, 6.45) is 9.16. The molecule has 1 N–H and O–H groups in total. The van der Waals surface area contributed by atoms with E-state index in [4.69, 9.17) is 14.2 Å². The maximum atomic E-state index is 13.7. The number of carbonyl (C=O) groups is 1. The van der Waals surface area contributed by atoms with Gasteiger partial charge in [-0.15, -0.1) is 0 Å². The number of ether oxygens (including phenoxy) is 3. The molecule has 13 atom stereocenters. The Kier molecular flexibility index (Phi) is 5.85. The van der Waals surface area contributed by atoms with Crippen LogP contribution < -0.4 is 0 Å². The van der Waals surface area contributed by atoms with E-state index in [1.807, 2.05) is 13.8 Å². The van der Waals surface area contributed by atoms with Gasteiger partial charge in [-0.25, -0.2) is 0 Å². The predicted octanol–water partition coefficient (Wildman–Crippen LogP) is 5.38. The lowest BCUT2D eigenvalue weighted by Gasteiger charge is -2.60. The van der Waals surface area contributed by atoms with E-state index < -0.39 is 5.79 Å². The third kappa shape index (κ3) is 3.65. The van der Waals surface area contributed by atoms with Gasteiger partial charge in [0.2, 0.25) is 0 Å². The molecule has 198 valence electrons. The highest BCUT2D eigenvalue weighted by atomic mass is 16.7. The number of rotatable bonds is 4. The third-order valence-corrected chi connectivity index (χ3v) is 12.1. The number of aliphatic hydroxyl groups excluding tert-OH is 1. The van der Waals surface area contributed by atoms with Crippen molar-refractivity contribution in [2.45, 2.75) is 123 Å². The Morgan fingerprint density at radius 2 is 1.77 bits per heavy atom. The van der Waals surface area contributed by atoms with E-state index in [0.29, 0.717) is 53.5 Å². The normalized spacial score (nSPS) is 55.0. The molecule has 0 spiro atoms. The second-order valence-electron chi connectivity index (χ2n) is 14.5. The standard InChI is InChI=1S/C30H48O5/c1-16(15-31)7-8-23-17(2)27-25(33-23)12-20-18-11-22(32)21-13-24-26(35-28(3,4)34-24)14-30(21,6)19(18)9-10-29(20,27)5/h16-21,23-27,31H,7-15H2,1-6H3/t16-,17-,18-,19+,20+,21?,23-,24+,25?,26-,27?,29+,30-/m1/s1. The van der Waals surface area contributed by atoms with Crippen LogP contribution >= 0.6 is 0 Å². The SMILES string of the molecule is C[C@@H](CO)CC[C@H]1OC2C[C@H]3[C@@H]4CC(=O)C5C[C@@H]6OC(C)(C)O[C@@H]6C[C@]5(C)[C@H]4CC[C@]3(C)C2[C@@H]1C. The van der Waals surface area contributed by atoms with Crippen LogP contribution in [0.3, 0.4) is 0 Å². The number of carbonyl (C=O) groups excluding carboxylic acids is 1. The summed E-state index contributed by atoms with van der Waals surface area (Å²) >= 11 is 0. The van der Waals surface area contributed by atoms with Crippen molar-refractivity contribution in [1.82, 2.24) is 0 Å². The highest BCUT2D eigenvalue weighted by Crippen LogP contribution is 2.70. The molecule has 0 aromatic carbocycles. The minimum Gasteiger partial charge on any atom is -0.396 e. The Labute approximate surface area is 212 Å². The minimum absolute atomic E-state index is 0.0272. The van der Waals surface area contributed by atoms with Gasteiger partial charge in [0.05, 0.1) is 24.4 Å². The highest BCUT2D eigenvalue weighted by molar-refractivity contribution is 5.83. The summed E-state index contributed by atoms with van der Waals surface area (Å²) < 4.78 is 19.3. The zero-order valence-electron chi connectivity index (χ0n) is 22.8. The molecule has 0 bridgehead atoms. The van der Waals surface area contributed by atoms with Crippen LogP contribution in [0.25, 0.3) is 0 Å². The Morgan fingerprint density at radius 1 is 1.03 bits per heavy atom. The fourth-order valence-corrected chi connectivity index (χ4v) is 10.6. The molecule has 6 fully saturated rings. The summed E-state index contributed by atoms with van der Waals surface area (Å²) in [4.78, 5) is 13.7. The Morgan fingerprint density at radius 3 is 2.51 bits per heavy atom. The van der Waals surface area contributed by atoms with Crippen LogP contribution in [0.15, 0.2) is 0 Å². The summed E-state index contributed by atoms with van der Waals surface area (Å²) in [5.74, 6) is 3.28. The average Bonchev–Trinajstić information content (AvgIpc) is 3.37. The monoisotopic (exact) mass is 488 g/mol. The summed E-state index contributed by atoms with van der Waals surface area (Å²) in [5.41, 5.74) is 0.303. The summed E-state index contributed by atoms with van der Waals surface area (Å²) in [6.45, 7) is 13.8. The number of fused-ring (bicyclic) bond motifs is 8. The van der Waals surface area contributed by atoms with Crippen LogP contribution in [-0.2, 0) is 19.0 Å². The third-order valence-electron chi connectivity index (χ3n) is 12.1. The molecular weight excluding hydrogens is 440 g/mol. The maximum Gasteiger partial charge on any atom is 0.163 e. The van der Waals surface area contributed by atoms with E-state index in [2.05, 4.69) is 27.7 Å². The number of Topliss-reactive ketones (excluding diaryl/α,β-unsaturated/α-hetero) is 1. The first-order valence-corrected chi connectivity index (χ1v) is 14.6. The molecule has 2 heterocycles. The molecule has 3 unspecified atom stereocenters. The number of hydrogen-bond acceptors (Lipinski definition) is 5. The van der Waals surface area contributed by atoms with Crippen LogP contribution in [-0.4, -0.2) is 47.7 Å². The van der Waals surface area contributed by atoms with Crippen LogP contribution in [0, 0.1) is 52.3 Å². The van der Waals surface area contributed by atoms with Gasteiger partial charge in [-0.1, -0.05) is 27.7 Å². The van der Waals surface area contributed by atoms with Crippen LogP contribution in [0.4, 0.5) is 0 Å². The Balaban J connectivity index is 1.22. The van der Waals surface area contributed by atoms with Crippen LogP contribution in [0.2, 0.25) is 0 Å². The minimum atomic E-state index is -0.533. The summed E-state index contributed by atoms with van der Waals surface area (Å²) in [5, 5.41) is 9.46. The van der Waals surface area contributed by atoms with Crippen molar-refractivity contribution in [2.75, 3.05) is 6.61 Å². The largest absolute Gasteiger partial charge is 0.396 e. The van der Waals surface area contributed by atoms with Crippen LogP contribution in [0.5, 0.6) is 0 Å². The van der Waals surface area contributed by atoms with Crippen molar-refractivity contribution < 1.29 is 24.1 Å². The zero-order valence-corrected chi connectivity index (χ0v) is 22.8. The molecule has 0 amide bonds. The zero-order chi connectivity index (χ0) is 24.9. The molecule has 5 nitrogen and oxygen atoms in total. The van der Waals surface area contributed by atoms with Gasteiger partial charge in [0, 0.05) is 18.9 Å². The van der Waals surface area contributed by atoms with Gasteiger partial charge in [0.25, 0.3) is 0 Å². The first kappa shape index (κ1) is 24.8. The van der Waals surface area contributed by atoms with Crippen molar-refractivity contribution in [2.24, 2.45) is 52.3 Å². The Bertz CT molecular complexity index is 856. The molecule has 0 aromatic rings. The van der Waals surface area contributed by atoms with Crippen LogP contribution in [0.1, 0.15) is 92.9 Å². The molecule has 0 aromatic heterocycles. The molecule has 2 aliphatic heterocycles. The summed E-state index contributed by atoms with van der Waals surface area (Å²) in [7, 11) is 0. The molecule has 5 heteroatoms. The molecule has 2 saturated heterocycles. The van der Waals surface area contributed by atoms with E-state index in [0.717, 1.165) is 38.5 Å². The molecule has 4 aliphatic carbocycles. The molecule has 0 radical (unpaired) electrons. The summed E-state index contributed by atoms with van der Waals surface area (Å²) in [6, 6.07) is 0. The van der Waals surface area contributed by atoms with Crippen molar-refractivity contribution in [3.05, 3.63) is 0 Å². The molecule has 35 heavy (non-hydrogen) atoms. The quantitative estimate of drug-likeness (QED) is 0.576. The van der Waals surface area contributed by atoms with E-state index in [1.54, 1.807) is 0 Å². The van der Waals surface area contributed by atoms with Gasteiger partial charge >= 0.3 is 0 Å². The maximum absolute atomic E-state index is 13.7. The lowest BCUT2D eigenvalue weighted by molar-refractivity contribution is -0.164. The number of aliphatic hydroxyl groups is 1. The fourth-order valence-electron chi connectivity index (χ4n) is 10.6. The lowest BCUT2D eigenvalue weighted by Crippen LogP contribution is -2.59. The second-order valence-corrected chi connectivity index (χ2v) is 14.5. The fraction of sp³-hybridized carbons (Fsp3) is 0.967. The highest BCUT2D eigenvalue weighted by Gasteiger charge is 2.68. The Hall–Kier alpha value is -0.490. The van der Waals surface area contributed by atoms with Gasteiger partial charge in [-0.05, 0) is 105 Å². The average molecular weight is 489 g/mol. The smallest absolute Gasteiger partial charge is 0.163 e. The van der Waals surface area contributed by atoms with Crippen molar-refractivity contribution in [1.29, 1.82) is 0 Å². The first-order valence-electron chi connectivity index (χ1n) is 14.6.